The van der Waals surface area contributed by atoms with Crippen LogP contribution in [-0.4, -0.2) is 29.2 Å². The molecule has 1 N–H and O–H groups in total. The minimum Gasteiger partial charge on any atom is -0.393 e. The summed E-state index contributed by atoms with van der Waals surface area (Å²) in [4.78, 5) is 2.09. The first-order valence-electron chi connectivity index (χ1n) is 6.43. The van der Waals surface area contributed by atoms with E-state index >= 15 is 0 Å². The molecule has 0 aliphatic carbocycles. The normalized spacial score (nSPS) is 22.7. The van der Waals surface area contributed by atoms with E-state index in [1.807, 2.05) is 0 Å². The summed E-state index contributed by atoms with van der Waals surface area (Å²) in [5, 5.41) is 9.51. The van der Waals surface area contributed by atoms with Crippen molar-refractivity contribution < 1.29 is 18.3 Å². The number of hydrogen-bond donors (Lipinski definition) is 1. The third-order valence-corrected chi connectivity index (χ3v) is 3.65. The second-order valence-corrected chi connectivity index (χ2v) is 5.22. The number of benzene rings is 1. The van der Waals surface area contributed by atoms with Crippen molar-refractivity contribution in [3.05, 3.63) is 35.4 Å². The van der Waals surface area contributed by atoms with Gasteiger partial charge in [-0.25, -0.2) is 0 Å². The average molecular weight is 273 g/mol. The first-order chi connectivity index (χ1) is 8.86. The Hall–Kier alpha value is -1.07. The summed E-state index contributed by atoms with van der Waals surface area (Å²) in [6.07, 6.45) is -3.74. The van der Waals surface area contributed by atoms with Crippen molar-refractivity contribution in [3.63, 3.8) is 0 Å². The fourth-order valence-electron chi connectivity index (χ4n) is 2.50. The lowest BCUT2D eigenvalue weighted by atomic mass is 10.0. The number of alkyl halides is 3. The Morgan fingerprint density at radius 2 is 2.16 bits per heavy atom. The standard InChI is InChI=1S/C14H18F3NO/c1-10(19)12-5-6-18(9-12)8-11-3-2-4-13(7-11)14(15,16)17/h2-4,7,10,12,19H,5-6,8-9H2,1H3. The monoisotopic (exact) mass is 273 g/mol. The van der Waals surface area contributed by atoms with Gasteiger partial charge in [-0.3, -0.25) is 4.90 Å². The van der Waals surface area contributed by atoms with Crippen molar-refractivity contribution >= 4 is 0 Å². The summed E-state index contributed by atoms with van der Waals surface area (Å²) >= 11 is 0. The van der Waals surface area contributed by atoms with Gasteiger partial charge in [0.15, 0.2) is 0 Å². The molecule has 19 heavy (non-hydrogen) atoms. The topological polar surface area (TPSA) is 23.5 Å². The highest BCUT2D eigenvalue weighted by Gasteiger charge is 2.31. The zero-order chi connectivity index (χ0) is 14.0. The van der Waals surface area contributed by atoms with Crippen LogP contribution < -0.4 is 0 Å². The Kier molecular flexibility index (Phi) is 4.16. The van der Waals surface area contributed by atoms with Crippen molar-refractivity contribution in [2.24, 2.45) is 5.92 Å². The van der Waals surface area contributed by atoms with Crippen LogP contribution in [0.3, 0.4) is 0 Å². The molecule has 5 heteroatoms. The second kappa shape index (κ2) is 5.51. The van der Waals surface area contributed by atoms with Crippen LogP contribution in [-0.2, 0) is 12.7 Å². The number of aliphatic hydroxyl groups excluding tert-OH is 1. The average Bonchev–Trinajstić information content (AvgIpc) is 2.77. The third-order valence-electron chi connectivity index (χ3n) is 3.65. The van der Waals surface area contributed by atoms with E-state index in [1.54, 1.807) is 13.0 Å². The molecule has 0 bridgehead atoms. The molecule has 1 saturated heterocycles. The maximum absolute atomic E-state index is 12.6. The maximum Gasteiger partial charge on any atom is 0.416 e. The summed E-state index contributed by atoms with van der Waals surface area (Å²) in [5.41, 5.74) is 0.0670. The fraction of sp³-hybridized carbons (Fsp3) is 0.571. The molecule has 2 rings (SSSR count). The first-order valence-corrected chi connectivity index (χ1v) is 6.43. The van der Waals surface area contributed by atoms with Gasteiger partial charge in [-0.2, -0.15) is 13.2 Å². The largest absolute Gasteiger partial charge is 0.416 e. The molecular formula is C14H18F3NO. The quantitative estimate of drug-likeness (QED) is 0.915. The van der Waals surface area contributed by atoms with Gasteiger partial charge in [0.2, 0.25) is 0 Å². The van der Waals surface area contributed by atoms with E-state index in [2.05, 4.69) is 4.90 Å². The Morgan fingerprint density at radius 3 is 2.74 bits per heavy atom. The highest BCUT2D eigenvalue weighted by molar-refractivity contribution is 5.25. The zero-order valence-electron chi connectivity index (χ0n) is 10.8. The van der Waals surface area contributed by atoms with E-state index in [0.717, 1.165) is 25.6 Å². The Labute approximate surface area is 110 Å². The van der Waals surface area contributed by atoms with Crippen LogP contribution in [0.5, 0.6) is 0 Å². The van der Waals surface area contributed by atoms with Gasteiger partial charge >= 0.3 is 6.18 Å². The minimum atomic E-state index is -4.29. The van der Waals surface area contributed by atoms with Gasteiger partial charge in [-0.05, 0) is 37.4 Å². The molecule has 1 aliphatic heterocycles. The van der Waals surface area contributed by atoms with Gasteiger partial charge in [-0.15, -0.1) is 0 Å². The molecule has 1 aromatic rings. The highest BCUT2D eigenvalue weighted by atomic mass is 19.4. The Morgan fingerprint density at radius 1 is 1.42 bits per heavy atom. The molecule has 2 nitrogen and oxygen atoms in total. The number of nitrogens with zero attached hydrogens (tertiary/aromatic N) is 1. The maximum atomic E-state index is 12.6. The SMILES string of the molecule is CC(O)C1CCN(Cc2cccc(C(F)(F)F)c2)C1. The fourth-order valence-corrected chi connectivity index (χ4v) is 2.50. The van der Waals surface area contributed by atoms with Gasteiger partial charge < -0.3 is 5.11 Å². The van der Waals surface area contributed by atoms with Crippen molar-refractivity contribution in [3.8, 4) is 0 Å². The van der Waals surface area contributed by atoms with E-state index in [0.29, 0.717) is 12.1 Å². The molecule has 2 unspecified atom stereocenters. The summed E-state index contributed by atoms with van der Waals surface area (Å²) in [5.74, 6) is 0.228. The van der Waals surface area contributed by atoms with Crippen molar-refractivity contribution in [1.29, 1.82) is 0 Å². The van der Waals surface area contributed by atoms with Crippen LogP contribution >= 0.6 is 0 Å². The smallest absolute Gasteiger partial charge is 0.393 e. The van der Waals surface area contributed by atoms with Gasteiger partial charge in [-0.1, -0.05) is 18.2 Å². The predicted molar refractivity (Wildman–Crippen MR) is 66.5 cm³/mol. The van der Waals surface area contributed by atoms with Gasteiger partial charge in [0.05, 0.1) is 11.7 Å². The van der Waals surface area contributed by atoms with Crippen LogP contribution in [0.25, 0.3) is 0 Å². The molecule has 0 amide bonds. The van der Waals surface area contributed by atoms with Crippen LogP contribution in [0.15, 0.2) is 24.3 Å². The number of likely N-dealkylation sites (tertiary alicyclic amines) is 1. The molecule has 1 aliphatic rings. The lowest BCUT2D eigenvalue weighted by Gasteiger charge is -2.18. The van der Waals surface area contributed by atoms with E-state index in [1.165, 1.54) is 12.1 Å². The Balaban J connectivity index is 2.01. The molecule has 0 radical (unpaired) electrons. The number of rotatable bonds is 3. The van der Waals surface area contributed by atoms with Gasteiger partial charge in [0.25, 0.3) is 0 Å². The summed E-state index contributed by atoms with van der Waals surface area (Å²) in [6.45, 7) is 3.84. The Bertz CT molecular complexity index is 431. The van der Waals surface area contributed by atoms with Crippen LogP contribution in [0.2, 0.25) is 0 Å². The minimum absolute atomic E-state index is 0.228. The summed E-state index contributed by atoms with van der Waals surface area (Å²) in [6, 6.07) is 5.45. The van der Waals surface area contributed by atoms with Crippen LogP contribution in [0, 0.1) is 5.92 Å². The molecule has 106 valence electrons. The highest BCUT2D eigenvalue weighted by Crippen LogP contribution is 2.30. The molecule has 1 aromatic carbocycles. The predicted octanol–water partition coefficient (Wildman–Crippen LogP) is 2.91. The number of halogens is 3. The molecule has 2 atom stereocenters. The molecule has 1 fully saturated rings. The third kappa shape index (κ3) is 3.70. The molecule has 1 heterocycles. The van der Waals surface area contributed by atoms with Crippen molar-refractivity contribution in [2.75, 3.05) is 13.1 Å². The zero-order valence-corrected chi connectivity index (χ0v) is 10.8. The number of hydrogen-bond acceptors (Lipinski definition) is 2. The van der Waals surface area contributed by atoms with E-state index in [4.69, 9.17) is 0 Å². The van der Waals surface area contributed by atoms with E-state index in [-0.39, 0.29) is 12.0 Å². The van der Waals surface area contributed by atoms with Crippen LogP contribution in [0.4, 0.5) is 13.2 Å². The van der Waals surface area contributed by atoms with Crippen LogP contribution in [0.1, 0.15) is 24.5 Å². The number of aliphatic hydroxyl groups is 1. The van der Waals surface area contributed by atoms with Gasteiger partial charge in [0, 0.05) is 13.1 Å². The van der Waals surface area contributed by atoms with Gasteiger partial charge in [0.1, 0.15) is 0 Å². The van der Waals surface area contributed by atoms with Crippen molar-refractivity contribution in [1.82, 2.24) is 4.90 Å². The van der Waals surface area contributed by atoms with E-state index in [9.17, 15) is 18.3 Å². The second-order valence-electron chi connectivity index (χ2n) is 5.22. The molecule has 0 spiro atoms. The first kappa shape index (κ1) is 14.3. The molecular weight excluding hydrogens is 255 g/mol. The summed E-state index contributed by atoms with van der Waals surface area (Å²) < 4.78 is 37.8. The lowest BCUT2D eigenvalue weighted by Crippen LogP contribution is -2.24. The summed E-state index contributed by atoms with van der Waals surface area (Å²) in [7, 11) is 0. The van der Waals surface area contributed by atoms with Crippen molar-refractivity contribution in [2.45, 2.75) is 32.2 Å². The lowest BCUT2D eigenvalue weighted by molar-refractivity contribution is -0.137. The molecule has 0 saturated carbocycles. The van der Waals surface area contributed by atoms with E-state index < -0.39 is 11.7 Å². The molecule has 0 aromatic heterocycles.